The van der Waals surface area contributed by atoms with E-state index in [0.29, 0.717) is 0 Å². The van der Waals surface area contributed by atoms with Crippen molar-refractivity contribution in [1.82, 2.24) is 9.80 Å². The van der Waals surface area contributed by atoms with Crippen LogP contribution in [0.15, 0.2) is 0 Å². The van der Waals surface area contributed by atoms with Crippen molar-refractivity contribution in [2.45, 2.75) is 51.6 Å². The van der Waals surface area contributed by atoms with Gasteiger partial charge in [-0.2, -0.15) is 0 Å². The first-order valence-corrected chi connectivity index (χ1v) is 6.72. The van der Waals surface area contributed by atoms with Gasteiger partial charge in [0.05, 0.1) is 0 Å². The maximum atomic E-state index is 5.90. The van der Waals surface area contributed by atoms with Crippen LogP contribution in [0.5, 0.6) is 0 Å². The van der Waals surface area contributed by atoms with Crippen LogP contribution in [0.2, 0.25) is 0 Å². The van der Waals surface area contributed by atoms with E-state index in [1.165, 1.54) is 25.9 Å². The minimum atomic E-state index is 0.169. The van der Waals surface area contributed by atoms with Crippen LogP contribution in [0.25, 0.3) is 0 Å². The predicted molar refractivity (Wildman–Crippen MR) is 70.6 cm³/mol. The fourth-order valence-electron chi connectivity index (χ4n) is 2.62. The zero-order valence-corrected chi connectivity index (χ0v) is 11.5. The van der Waals surface area contributed by atoms with E-state index in [2.05, 4.69) is 37.6 Å². The number of hydrogen-bond acceptors (Lipinski definition) is 3. The minimum Gasteiger partial charge on any atom is -0.329 e. The highest BCUT2D eigenvalue weighted by Gasteiger charge is 2.30. The summed E-state index contributed by atoms with van der Waals surface area (Å²) in [6.07, 6.45) is 3.83. The van der Waals surface area contributed by atoms with Gasteiger partial charge < -0.3 is 5.73 Å². The molecule has 1 saturated heterocycles. The molecule has 96 valence electrons. The molecule has 2 atom stereocenters. The lowest BCUT2D eigenvalue weighted by Crippen LogP contribution is -2.53. The normalized spacial score (nSPS) is 26.2. The molecule has 2 N–H and O–H groups in total. The average molecular weight is 227 g/mol. The molecule has 2 unspecified atom stereocenters. The maximum absolute atomic E-state index is 5.90. The molecule has 0 bridgehead atoms. The van der Waals surface area contributed by atoms with Crippen LogP contribution < -0.4 is 5.73 Å². The van der Waals surface area contributed by atoms with Crippen molar-refractivity contribution in [2.24, 2.45) is 5.73 Å². The SMILES string of the molecule is CCN1CCCC1CN(C)C(C)(CC)CN. The molecule has 1 aliphatic rings. The molecule has 0 aromatic carbocycles. The molecule has 0 aromatic rings. The average Bonchev–Trinajstić information content (AvgIpc) is 2.75. The van der Waals surface area contributed by atoms with Crippen LogP contribution in [-0.2, 0) is 0 Å². The Labute approximate surface area is 101 Å². The van der Waals surface area contributed by atoms with Gasteiger partial charge in [-0.25, -0.2) is 0 Å². The van der Waals surface area contributed by atoms with Gasteiger partial charge in [-0.15, -0.1) is 0 Å². The Hall–Kier alpha value is -0.120. The fraction of sp³-hybridized carbons (Fsp3) is 1.00. The molecule has 0 radical (unpaired) electrons. The molecule has 16 heavy (non-hydrogen) atoms. The van der Waals surface area contributed by atoms with Crippen LogP contribution >= 0.6 is 0 Å². The van der Waals surface area contributed by atoms with E-state index in [1.54, 1.807) is 0 Å². The second-order valence-electron chi connectivity index (χ2n) is 5.36. The van der Waals surface area contributed by atoms with Gasteiger partial charge in [0.1, 0.15) is 0 Å². The highest BCUT2D eigenvalue weighted by Crippen LogP contribution is 2.22. The lowest BCUT2D eigenvalue weighted by molar-refractivity contribution is 0.101. The van der Waals surface area contributed by atoms with Crippen molar-refractivity contribution < 1.29 is 0 Å². The Morgan fingerprint density at radius 3 is 2.62 bits per heavy atom. The smallest absolute Gasteiger partial charge is 0.0298 e. The first-order valence-electron chi connectivity index (χ1n) is 6.72. The Morgan fingerprint density at radius 1 is 1.44 bits per heavy atom. The van der Waals surface area contributed by atoms with Crippen LogP contribution in [0, 0.1) is 0 Å². The first kappa shape index (κ1) is 13.9. The zero-order chi connectivity index (χ0) is 12.2. The molecular weight excluding hydrogens is 198 g/mol. The van der Waals surface area contributed by atoms with Crippen molar-refractivity contribution in [2.75, 3.05) is 33.2 Å². The largest absolute Gasteiger partial charge is 0.329 e. The summed E-state index contributed by atoms with van der Waals surface area (Å²) in [5.41, 5.74) is 6.07. The third-order valence-electron chi connectivity index (χ3n) is 4.51. The molecule has 0 aliphatic carbocycles. The summed E-state index contributed by atoms with van der Waals surface area (Å²) in [6.45, 7) is 11.1. The summed E-state index contributed by atoms with van der Waals surface area (Å²) >= 11 is 0. The molecule has 0 aromatic heterocycles. The molecule has 1 fully saturated rings. The van der Waals surface area contributed by atoms with E-state index in [-0.39, 0.29) is 5.54 Å². The van der Waals surface area contributed by atoms with Gasteiger partial charge >= 0.3 is 0 Å². The van der Waals surface area contributed by atoms with Crippen molar-refractivity contribution in [3.05, 3.63) is 0 Å². The summed E-state index contributed by atoms with van der Waals surface area (Å²) in [6, 6.07) is 0.743. The zero-order valence-electron chi connectivity index (χ0n) is 11.5. The van der Waals surface area contributed by atoms with Gasteiger partial charge in [-0.1, -0.05) is 13.8 Å². The topological polar surface area (TPSA) is 32.5 Å². The summed E-state index contributed by atoms with van der Waals surface area (Å²) in [5, 5.41) is 0. The summed E-state index contributed by atoms with van der Waals surface area (Å²) < 4.78 is 0. The minimum absolute atomic E-state index is 0.169. The van der Waals surface area contributed by atoms with Gasteiger partial charge in [0.2, 0.25) is 0 Å². The van der Waals surface area contributed by atoms with E-state index < -0.39 is 0 Å². The maximum Gasteiger partial charge on any atom is 0.0298 e. The highest BCUT2D eigenvalue weighted by atomic mass is 15.2. The molecule has 1 heterocycles. The fourth-order valence-corrected chi connectivity index (χ4v) is 2.62. The second kappa shape index (κ2) is 5.99. The van der Waals surface area contributed by atoms with E-state index >= 15 is 0 Å². The van der Waals surface area contributed by atoms with Crippen LogP contribution in [0.4, 0.5) is 0 Å². The van der Waals surface area contributed by atoms with E-state index in [0.717, 1.165) is 25.6 Å². The van der Waals surface area contributed by atoms with Gasteiger partial charge in [0.15, 0.2) is 0 Å². The molecule has 1 rings (SSSR count). The second-order valence-corrected chi connectivity index (χ2v) is 5.36. The number of hydrogen-bond donors (Lipinski definition) is 1. The van der Waals surface area contributed by atoms with Crippen molar-refractivity contribution in [3.63, 3.8) is 0 Å². The Bertz CT molecular complexity index is 201. The van der Waals surface area contributed by atoms with Gasteiger partial charge in [-0.3, -0.25) is 9.80 Å². The lowest BCUT2D eigenvalue weighted by atomic mass is 9.96. The van der Waals surface area contributed by atoms with Crippen molar-refractivity contribution in [1.29, 1.82) is 0 Å². The number of nitrogens with two attached hydrogens (primary N) is 1. The lowest BCUT2D eigenvalue weighted by Gasteiger charge is -2.40. The third-order valence-corrected chi connectivity index (χ3v) is 4.51. The van der Waals surface area contributed by atoms with Crippen LogP contribution in [-0.4, -0.2) is 54.6 Å². The van der Waals surface area contributed by atoms with Crippen LogP contribution in [0.3, 0.4) is 0 Å². The Morgan fingerprint density at radius 2 is 2.12 bits per heavy atom. The molecular formula is C13H29N3. The molecule has 0 spiro atoms. The van der Waals surface area contributed by atoms with Crippen molar-refractivity contribution >= 4 is 0 Å². The monoisotopic (exact) mass is 227 g/mol. The molecule has 0 amide bonds. The molecule has 3 nitrogen and oxygen atoms in total. The Balaban J connectivity index is 2.52. The van der Waals surface area contributed by atoms with Crippen LogP contribution in [0.1, 0.15) is 40.0 Å². The van der Waals surface area contributed by atoms with Gasteiger partial charge in [-0.05, 0) is 46.3 Å². The number of nitrogens with zero attached hydrogens (tertiary/aromatic N) is 2. The third kappa shape index (κ3) is 2.96. The quantitative estimate of drug-likeness (QED) is 0.747. The highest BCUT2D eigenvalue weighted by molar-refractivity contribution is 4.88. The summed E-state index contributed by atoms with van der Waals surface area (Å²) in [4.78, 5) is 5.06. The first-order chi connectivity index (χ1) is 7.57. The predicted octanol–water partition coefficient (Wildman–Crippen LogP) is 1.53. The Kier molecular flexibility index (Phi) is 5.22. The van der Waals surface area contributed by atoms with Gasteiger partial charge in [0, 0.05) is 24.7 Å². The van der Waals surface area contributed by atoms with Gasteiger partial charge in [0.25, 0.3) is 0 Å². The number of rotatable bonds is 6. The number of likely N-dealkylation sites (tertiary alicyclic amines) is 1. The summed E-state index contributed by atoms with van der Waals surface area (Å²) in [5.74, 6) is 0. The molecule has 3 heteroatoms. The summed E-state index contributed by atoms with van der Waals surface area (Å²) in [7, 11) is 2.22. The standard InChI is InChI=1S/C13H29N3/c1-5-13(3,11-14)15(4)10-12-8-7-9-16(12)6-2/h12H,5-11,14H2,1-4H3. The van der Waals surface area contributed by atoms with E-state index in [4.69, 9.17) is 5.73 Å². The van der Waals surface area contributed by atoms with Crippen molar-refractivity contribution in [3.8, 4) is 0 Å². The molecule has 0 saturated carbocycles. The van der Waals surface area contributed by atoms with E-state index in [9.17, 15) is 0 Å². The number of likely N-dealkylation sites (N-methyl/N-ethyl adjacent to an activating group) is 2. The molecule has 1 aliphatic heterocycles. The van der Waals surface area contributed by atoms with E-state index in [1.807, 2.05) is 0 Å².